The van der Waals surface area contributed by atoms with Gasteiger partial charge in [0.15, 0.2) is 0 Å². The average Bonchev–Trinajstić information content (AvgIpc) is 2.91. The molecule has 0 bridgehead atoms. The molecule has 0 unspecified atom stereocenters. The second-order valence-corrected chi connectivity index (χ2v) is 7.87. The van der Waals surface area contributed by atoms with Crippen molar-refractivity contribution >= 4 is 44.8 Å². The number of ether oxygens (including phenoxy) is 1. The summed E-state index contributed by atoms with van der Waals surface area (Å²) in [6, 6.07) is 22.4. The number of benzene rings is 3. The van der Waals surface area contributed by atoms with Crippen LogP contribution >= 0.6 is 15.9 Å². The van der Waals surface area contributed by atoms with Crippen molar-refractivity contribution in [2.45, 2.75) is 0 Å². The first-order chi connectivity index (χ1) is 15.0. The third kappa shape index (κ3) is 4.67. The molecule has 1 aliphatic heterocycles. The summed E-state index contributed by atoms with van der Waals surface area (Å²) in [5, 5.41) is 2.83. The van der Waals surface area contributed by atoms with Gasteiger partial charge in [-0.15, -0.1) is 0 Å². The van der Waals surface area contributed by atoms with Gasteiger partial charge in [0.1, 0.15) is 18.8 Å². The lowest BCUT2D eigenvalue weighted by atomic mass is 10.0. The summed E-state index contributed by atoms with van der Waals surface area (Å²) >= 11 is 3.51. The molecule has 0 saturated carbocycles. The number of fused-ring (bicyclic) bond motifs is 1. The minimum atomic E-state index is -0.307. The number of rotatable bonds is 5. The van der Waals surface area contributed by atoms with Crippen LogP contribution in [0.25, 0.3) is 0 Å². The third-order valence-corrected chi connectivity index (χ3v) is 5.37. The van der Waals surface area contributed by atoms with Crippen LogP contribution in [0.4, 0.5) is 11.4 Å². The van der Waals surface area contributed by atoms with Gasteiger partial charge in [0.25, 0.3) is 0 Å². The van der Waals surface area contributed by atoms with E-state index >= 15 is 0 Å². The first-order valence-corrected chi connectivity index (χ1v) is 10.5. The summed E-state index contributed by atoms with van der Waals surface area (Å²) in [6.07, 6.45) is 0. The topological polar surface area (TPSA) is 71.0 Å². The maximum Gasteiger partial charge on any atom is 0.249 e. The number of aliphatic imine (C=N–C) groups is 1. The molecule has 0 aliphatic carbocycles. The fourth-order valence-corrected chi connectivity index (χ4v) is 3.81. The Morgan fingerprint density at radius 1 is 1.10 bits per heavy atom. The molecule has 0 spiro atoms. The van der Waals surface area contributed by atoms with Crippen molar-refractivity contribution < 1.29 is 14.3 Å². The number of methoxy groups -OCH3 is 1. The molecule has 0 fully saturated rings. The SMILES string of the molecule is COc1cccc(NC(=O)CN2C(=O)CN=C(c3ccccc3)c3cc(Br)ccc32)c1. The van der Waals surface area contributed by atoms with Crippen molar-refractivity contribution in [3.05, 3.63) is 88.4 Å². The van der Waals surface area contributed by atoms with Crippen LogP contribution in [0, 0.1) is 0 Å². The fourth-order valence-electron chi connectivity index (χ4n) is 3.45. The summed E-state index contributed by atoms with van der Waals surface area (Å²) in [5.74, 6) is 0.0914. The van der Waals surface area contributed by atoms with E-state index in [9.17, 15) is 9.59 Å². The fraction of sp³-hybridized carbons (Fsp3) is 0.125. The summed E-state index contributed by atoms with van der Waals surface area (Å²) in [7, 11) is 1.57. The van der Waals surface area contributed by atoms with Crippen LogP contribution in [-0.2, 0) is 9.59 Å². The van der Waals surface area contributed by atoms with Crippen LogP contribution in [0.5, 0.6) is 5.75 Å². The second-order valence-electron chi connectivity index (χ2n) is 6.95. The van der Waals surface area contributed by atoms with Gasteiger partial charge in [-0.1, -0.05) is 52.3 Å². The van der Waals surface area contributed by atoms with E-state index in [2.05, 4.69) is 26.2 Å². The zero-order valence-electron chi connectivity index (χ0n) is 16.8. The highest BCUT2D eigenvalue weighted by Crippen LogP contribution is 2.30. The number of halogens is 1. The number of hydrogen-bond acceptors (Lipinski definition) is 4. The van der Waals surface area contributed by atoms with E-state index in [0.29, 0.717) is 17.1 Å². The number of nitrogens with one attached hydrogen (secondary N) is 1. The smallest absolute Gasteiger partial charge is 0.249 e. The van der Waals surface area contributed by atoms with Gasteiger partial charge in [-0.3, -0.25) is 14.6 Å². The van der Waals surface area contributed by atoms with E-state index in [4.69, 9.17) is 4.74 Å². The van der Waals surface area contributed by atoms with E-state index in [1.165, 1.54) is 4.90 Å². The van der Waals surface area contributed by atoms with E-state index in [0.717, 1.165) is 21.3 Å². The number of hydrogen-bond donors (Lipinski definition) is 1. The van der Waals surface area contributed by atoms with Gasteiger partial charge >= 0.3 is 0 Å². The third-order valence-electron chi connectivity index (χ3n) is 4.88. The van der Waals surface area contributed by atoms with Crippen molar-refractivity contribution in [2.75, 3.05) is 30.4 Å². The maximum atomic E-state index is 12.9. The highest BCUT2D eigenvalue weighted by molar-refractivity contribution is 9.10. The number of carbonyl (C=O) groups excluding carboxylic acids is 2. The average molecular weight is 478 g/mol. The molecule has 31 heavy (non-hydrogen) atoms. The predicted molar refractivity (Wildman–Crippen MR) is 125 cm³/mol. The Hall–Kier alpha value is -3.45. The Morgan fingerprint density at radius 3 is 2.68 bits per heavy atom. The minimum absolute atomic E-state index is 0.0387. The van der Waals surface area contributed by atoms with Crippen molar-refractivity contribution in [2.24, 2.45) is 4.99 Å². The molecule has 0 aromatic heterocycles. The Labute approximate surface area is 188 Å². The van der Waals surface area contributed by atoms with Gasteiger partial charge in [0, 0.05) is 27.4 Å². The number of amides is 2. The number of benzodiazepines with no additional fused rings is 1. The quantitative estimate of drug-likeness (QED) is 0.595. The Kier molecular flexibility index (Phi) is 6.13. The number of nitrogens with zero attached hydrogens (tertiary/aromatic N) is 2. The highest BCUT2D eigenvalue weighted by Gasteiger charge is 2.27. The molecule has 1 N–H and O–H groups in total. The van der Waals surface area contributed by atoms with Gasteiger partial charge in [-0.05, 0) is 30.3 Å². The Balaban J connectivity index is 1.65. The minimum Gasteiger partial charge on any atom is -0.497 e. The lowest BCUT2D eigenvalue weighted by molar-refractivity contribution is -0.120. The van der Waals surface area contributed by atoms with Crippen LogP contribution in [0.1, 0.15) is 11.1 Å². The molecule has 3 aromatic rings. The van der Waals surface area contributed by atoms with Crippen molar-refractivity contribution in [3.63, 3.8) is 0 Å². The van der Waals surface area contributed by atoms with Crippen LogP contribution in [-0.4, -0.2) is 37.7 Å². The standard InChI is InChI=1S/C24H20BrN3O3/c1-31-19-9-5-8-18(13-19)27-22(29)15-28-21-11-10-17(25)12-20(21)24(26-14-23(28)30)16-6-3-2-4-7-16/h2-13H,14-15H2,1H3,(H,27,29). The number of carbonyl (C=O) groups is 2. The molecule has 0 radical (unpaired) electrons. The summed E-state index contributed by atoms with van der Waals surface area (Å²) < 4.78 is 6.06. The van der Waals surface area contributed by atoms with Crippen molar-refractivity contribution in [1.82, 2.24) is 0 Å². The molecule has 3 aromatic carbocycles. The first kappa shape index (κ1) is 20.8. The van der Waals surface area contributed by atoms with Crippen LogP contribution < -0.4 is 15.0 Å². The van der Waals surface area contributed by atoms with Gasteiger partial charge in [-0.25, -0.2) is 0 Å². The molecule has 1 aliphatic rings. The lowest BCUT2D eigenvalue weighted by Gasteiger charge is -2.23. The Bertz CT molecular complexity index is 1160. The van der Waals surface area contributed by atoms with E-state index in [1.54, 1.807) is 31.4 Å². The number of anilines is 2. The van der Waals surface area contributed by atoms with Gasteiger partial charge < -0.3 is 15.0 Å². The molecule has 7 heteroatoms. The molecule has 4 rings (SSSR count). The van der Waals surface area contributed by atoms with Crippen LogP contribution in [0.15, 0.2) is 82.3 Å². The van der Waals surface area contributed by atoms with E-state index in [1.807, 2.05) is 48.5 Å². The molecule has 0 atom stereocenters. The molecule has 1 heterocycles. The zero-order valence-corrected chi connectivity index (χ0v) is 18.4. The lowest BCUT2D eigenvalue weighted by Crippen LogP contribution is -2.39. The van der Waals surface area contributed by atoms with Gasteiger partial charge in [0.05, 0.1) is 18.5 Å². The molecule has 2 amide bonds. The van der Waals surface area contributed by atoms with Gasteiger partial charge in [-0.2, -0.15) is 0 Å². The van der Waals surface area contributed by atoms with Crippen LogP contribution in [0.2, 0.25) is 0 Å². The Morgan fingerprint density at radius 2 is 1.90 bits per heavy atom. The van der Waals surface area contributed by atoms with Crippen LogP contribution in [0.3, 0.4) is 0 Å². The molecular weight excluding hydrogens is 458 g/mol. The maximum absolute atomic E-state index is 12.9. The summed E-state index contributed by atoms with van der Waals surface area (Å²) in [4.78, 5) is 31.8. The van der Waals surface area contributed by atoms with Crippen molar-refractivity contribution in [3.8, 4) is 5.75 Å². The highest BCUT2D eigenvalue weighted by atomic mass is 79.9. The molecule has 156 valence electrons. The first-order valence-electron chi connectivity index (χ1n) is 9.69. The summed E-state index contributed by atoms with van der Waals surface area (Å²) in [6.45, 7) is -0.161. The summed E-state index contributed by atoms with van der Waals surface area (Å²) in [5.41, 5.74) is 3.68. The molecular formula is C24H20BrN3O3. The monoisotopic (exact) mass is 477 g/mol. The normalized spacial score (nSPS) is 13.2. The van der Waals surface area contributed by atoms with E-state index < -0.39 is 0 Å². The van der Waals surface area contributed by atoms with Crippen molar-refractivity contribution in [1.29, 1.82) is 0 Å². The molecule has 0 saturated heterocycles. The second kappa shape index (κ2) is 9.14. The van der Waals surface area contributed by atoms with E-state index in [-0.39, 0.29) is 24.9 Å². The largest absolute Gasteiger partial charge is 0.497 e. The molecule has 6 nitrogen and oxygen atoms in total. The van der Waals surface area contributed by atoms with Gasteiger partial charge in [0.2, 0.25) is 11.8 Å². The predicted octanol–water partition coefficient (Wildman–Crippen LogP) is 4.28. The zero-order chi connectivity index (χ0) is 21.8.